The number of carbonyl (C=O) groups excluding carboxylic acids is 1. The number of esters is 1. The minimum atomic E-state index is -0.476. The van der Waals surface area contributed by atoms with E-state index in [1.807, 2.05) is 30.3 Å². The fraction of sp³-hybridized carbons (Fsp3) is 0.333. The molecule has 0 radical (unpaired) electrons. The third kappa shape index (κ3) is 6.99. The van der Waals surface area contributed by atoms with E-state index in [-0.39, 0.29) is 11.7 Å². The maximum atomic E-state index is 11.7. The Balaban J connectivity index is 1.52. The Hall–Kier alpha value is -2.96. The third-order valence-corrected chi connectivity index (χ3v) is 3.54. The highest BCUT2D eigenvalue weighted by molar-refractivity contribution is 5.72. The van der Waals surface area contributed by atoms with Crippen molar-refractivity contribution in [1.82, 2.24) is 4.98 Å². The number of hydrogen-bond acceptors (Lipinski definition) is 6. The van der Waals surface area contributed by atoms with Crippen LogP contribution in [0.3, 0.4) is 0 Å². The number of nitrogens with zero attached hydrogens (tertiary/aromatic N) is 2. The highest BCUT2D eigenvalue weighted by Crippen LogP contribution is 2.11. The van der Waals surface area contributed by atoms with Gasteiger partial charge in [0.15, 0.2) is 0 Å². The van der Waals surface area contributed by atoms with E-state index in [4.69, 9.17) is 4.74 Å². The maximum Gasteiger partial charge on any atom is 0.310 e. The molecule has 0 spiro atoms. The van der Waals surface area contributed by atoms with Crippen molar-refractivity contribution in [2.75, 3.05) is 18.5 Å². The SMILES string of the molecule is O=C(Cc1ccccc1)OCCCCCNc1ccc([N+](=O)[O-])cn1. The van der Waals surface area contributed by atoms with E-state index in [1.165, 1.54) is 12.3 Å². The van der Waals surface area contributed by atoms with Crippen LogP contribution in [0.25, 0.3) is 0 Å². The summed E-state index contributed by atoms with van der Waals surface area (Å²) in [4.78, 5) is 25.7. The van der Waals surface area contributed by atoms with Crippen LogP contribution in [0.5, 0.6) is 0 Å². The number of carbonyl (C=O) groups is 1. The Morgan fingerprint density at radius 2 is 1.92 bits per heavy atom. The summed E-state index contributed by atoms with van der Waals surface area (Å²) in [6.45, 7) is 1.13. The van der Waals surface area contributed by atoms with Crippen LogP contribution in [-0.4, -0.2) is 29.0 Å². The topological polar surface area (TPSA) is 94.4 Å². The lowest BCUT2D eigenvalue weighted by Gasteiger charge is -2.06. The minimum absolute atomic E-state index is 0.0251. The second-order valence-corrected chi connectivity index (χ2v) is 5.53. The van der Waals surface area contributed by atoms with Gasteiger partial charge in [0.1, 0.15) is 12.0 Å². The first-order chi connectivity index (χ1) is 12.1. The minimum Gasteiger partial charge on any atom is -0.465 e. The molecule has 132 valence electrons. The van der Waals surface area contributed by atoms with Crippen LogP contribution in [-0.2, 0) is 16.0 Å². The van der Waals surface area contributed by atoms with Crippen LogP contribution < -0.4 is 5.32 Å². The number of benzene rings is 1. The molecule has 0 aliphatic carbocycles. The van der Waals surface area contributed by atoms with Gasteiger partial charge < -0.3 is 10.1 Å². The molecule has 0 atom stereocenters. The molecule has 0 fully saturated rings. The average molecular weight is 343 g/mol. The van der Waals surface area contributed by atoms with Crippen LogP contribution in [0, 0.1) is 10.1 Å². The number of nitrogens with one attached hydrogen (secondary N) is 1. The Kier molecular flexibility index (Phi) is 7.37. The van der Waals surface area contributed by atoms with E-state index in [2.05, 4.69) is 10.3 Å². The average Bonchev–Trinajstić information content (AvgIpc) is 2.62. The monoisotopic (exact) mass is 343 g/mol. The van der Waals surface area contributed by atoms with Gasteiger partial charge in [-0.2, -0.15) is 0 Å². The first kappa shape index (κ1) is 18.4. The van der Waals surface area contributed by atoms with E-state index in [0.717, 1.165) is 24.8 Å². The van der Waals surface area contributed by atoms with Crippen molar-refractivity contribution < 1.29 is 14.5 Å². The lowest BCUT2D eigenvalue weighted by molar-refractivity contribution is -0.385. The highest BCUT2D eigenvalue weighted by Gasteiger charge is 2.05. The molecule has 1 aromatic heterocycles. The molecule has 25 heavy (non-hydrogen) atoms. The maximum absolute atomic E-state index is 11.7. The molecular weight excluding hydrogens is 322 g/mol. The molecule has 1 heterocycles. The summed E-state index contributed by atoms with van der Waals surface area (Å²) in [5, 5.41) is 13.6. The van der Waals surface area contributed by atoms with Crippen LogP contribution in [0.1, 0.15) is 24.8 Å². The van der Waals surface area contributed by atoms with Crippen LogP contribution in [0.15, 0.2) is 48.7 Å². The zero-order valence-corrected chi connectivity index (χ0v) is 13.9. The van der Waals surface area contributed by atoms with Crippen LogP contribution >= 0.6 is 0 Å². The summed E-state index contributed by atoms with van der Waals surface area (Å²) in [5.41, 5.74) is 0.926. The number of unbranched alkanes of at least 4 members (excludes halogenated alkanes) is 2. The van der Waals surface area contributed by atoms with E-state index in [1.54, 1.807) is 6.07 Å². The lowest BCUT2D eigenvalue weighted by atomic mass is 10.2. The summed E-state index contributed by atoms with van der Waals surface area (Å²) in [5.74, 6) is 0.402. The van der Waals surface area contributed by atoms with Gasteiger partial charge in [-0.15, -0.1) is 0 Å². The van der Waals surface area contributed by atoms with Crippen LogP contribution in [0.4, 0.5) is 11.5 Å². The van der Waals surface area contributed by atoms with Crippen molar-refractivity contribution in [2.45, 2.75) is 25.7 Å². The molecule has 0 aliphatic rings. The lowest BCUT2D eigenvalue weighted by Crippen LogP contribution is -2.09. The van der Waals surface area contributed by atoms with Crippen LogP contribution in [0.2, 0.25) is 0 Å². The van der Waals surface area contributed by atoms with Crippen molar-refractivity contribution in [2.24, 2.45) is 0 Å². The molecule has 1 N–H and O–H groups in total. The van der Waals surface area contributed by atoms with E-state index >= 15 is 0 Å². The van der Waals surface area contributed by atoms with Crippen molar-refractivity contribution in [3.8, 4) is 0 Å². The van der Waals surface area contributed by atoms with E-state index in [9.17, 15) is 14.9 Å². The molecule has 0 bridgehead atoms. The van der Waals surface area contributed by atoms with Crippen molar-refractivity contribution in [3.05, 3.63) is 64.3 Å². The van der Waals surface area contributed by atoms with Gasteiger partial charge in [-0.25, -0.2) is 4.98 Å². The van der Waals surface area contributed by atoms with E-state index in [0.29, 0.717) is 25.4 Å². The van der Waals surface area contributed by atoms with Gasteiger partial charge in [-0.05, 0) is 30.9 Å². The Labute approximate surface area is 146 Å². The van der Waals surface area contributed by atoms with Gasteiger partial charge in [-0.3, -0.25) is 14.9 Å². The van der Waals surface area contributed by atoms with Gasteiger partial charge in [-0.1, -0.05) is 30.3 Å². The Bertz CT molecular complexity index is 674. The van der Waals surface area contributed by atoms with Gasteiger partial charge in [0.2, 0.25) is 0 Å². The number of rotatable bonds is 10. The van der Waals surface area contributed by atoms with Gasteiger partial charge >= 0.3 is 5.97 Å². The summed E-state index contributed by atoms with van der Waals surface area (Å²) >= 11 is 0. The molecule has 0 unspecified atom stereocenters. The van der Waals surface area contributed by atoms with Gasteiger partial charge in [0.25, 0.3) is 5.69 Å². The molecule has 0 amide bonds. The molecule has 0 saturated carbocycles. The highest BCUT2D eigenvalue weighted by atomic mass is 16.6. The number of nitro groups is 1. The Morgan fingerprint density at radius 1 is 1.12 bits per heavy atom. The van der Waals surface area contributed by atoms with Crippen molar-refractivity contribution >= 4 is 17.5 Å². The zero-order chi connectivity index (χ0) is 17.9. The molecule has 1 aromatic carbocycles. The van der Waals surface area contributed by atoms with E-state index < -0.39 is 4.92 Å². The summed E-state index contributed by atoms with van der Waals surface area (Å²) < 4.78 is 5.21. The predicted molar refractivity (Wildman–Crippen MR) is 94.3 cm³/mol. The first-order valence-corrected chi connectivity index (χ1v) is 8.19. The standard InChI is InChI=1S/C18H21N3O4/c22-18(13-15-7-3-1-4-8-15)25-12-6-2-5-11-19-17-10-9-16(14-20-17)21(23)24/h1,3-4,7-10,14H,2,5-6,11-13H2,(H,19,20). The second-order valence-electron chi connectivity index (χ2n) is 5.53. The number of anilines is 1. The molecule has 0 aliphatic heterocycles. The summed E-state index contributed by atoms with van der Waals surface area (Å²) in [6.07, 6.45) is 4.14. The smallest absolute Gasteiger partial charge is 0.310 e. The van der Waals surface area contributed by atoms with Crippen molar-refractivity contribution in [3.63, 3.8) is 0 Å². The largest absolute Gasteiger partial charge is 0.465 e. The molecule has 7 heteroatoms. The number of aromatic nitrogens is 1. The molecule has 2 rings (SSSR count). The second kappa shape index (κ2) is 10.0. The fourth-order valence-corrected chi connectivity index (χ4v) is 2.22. The predicted octanol–water partition coefficient (Wildman–Crippen LogP) is 3.36. The van der Waals surface area contributed by atoms with Gasteiger partial charge in [0, 0.05) is 12.6 Å². The van der Waals surface area contributed by atoms with Crippen molar-refractivity contribution in [1.29, 1.82) is 0 Å². The normalized spacial score (nSPS) is 10.2. The quantitative estimate of drug-likeness (QED) is 0.308. The summed E-state index contributed by atoms with van der Waals surface area (Å²) in [6, 6.07) is 12.5. The molecule has 2 aromatic rings. The third-order valence-electron chi connectivity index (χ3n) is 3.54. The summed E-state index contributed by atoms with van der Waals surface area (Å²) in [7, 11) is 0. The first-order valence-electron chi connectivity index (χ1n) is 8.19. The molecule has 0 saturated heterocycles. The van der Waals surface area contributed by atoms with Gasteiger partial charge in [0.05, 0.1) is 18.0 Å². The molecule has 7 nitrogen and oxygen atoms in total. The number of hydrogen-bond donors (Lipinski definition) is 1. The number of pyridine rings is 1. The number of ether oxygens (including phenoxy) is 1. The molecular formula is C18H21N3O4. The zero-order valence-electron chi connectivity index (χ0n) is 13.9. The fourth-order valence-electron chi connectivity index (χ4n) is 2.22. The Morgan fingerprint density at radius 3 is 2.60 bits per heavy atom.